The van der Waals surface area contributed by atoms with Gasteiger partial charge in [0, 0.05) is 17.9 Å². The van der Waals surface area contributed by atoms with Gasteiger partial charge >= 0.3 is 0 Å². The quantitative estimate of drug-likeness (QED) is 0.753. The van der Waals surface area contributed by atoms with Crippen LogP contribution in [0.25, 0.3) is 0 Å². The summed E-state index contributed by atoms with van der Waals surface area (Å²) in [7, 11) is 0. The van der Waals surface area contributed by atoms with E-state index in [1.165, 1.54) is 12.8 Å². The van der Waals surface area contributed by atoms with Crippen LogP contribution < -0.4 is 5.32 Å². The average molecular weight is 213 g/mol. The van der Waals surface area contributed by atoms with Gasteiger partial charge in [0.2, 0.25) is 0 Å². The highest BCUT2D eigenvalue weighted by Crippen LogP contribution is 2.15. The van der Waals surface area contributed by atoms with E-state index in [0.29, 0.717) is 11.2 Å². The Bertz CT molecular complexity index is 276. The summed E-state index contributed by atoms with van der Waals surface area (Å²) in [6.45, 7) is 4.39. The van der Waals surface area contributed by atoms with Crippen molar-refractivity contribution >= 4 is 17.3 Å². The van der Waals surface area contributed by atoms with Gasteiger partial charge in [-0.3, -0.25) is 0 Å². The summed E-state index contributed by atoms with van der Waals surface area (Å²) >= 11 is 5.80. The molecule has 78 valence electrons. The fourth-order valence-electron chi connectivity index (χ4n) is 1.45. The molecule has 1 aromatic heterocycles. The Morgan fingerprint density at radius 3 is 2.86 bits per heavy atom. The first-order chi connectivity index (χ1) is 6.76. The number of aromatic nitrogens is 1. The lowest BCUT2D eigenvalue weighted by molar-refractivity contribution is 0.623. The molecule has 3 heteroatoms. The van der Waals surface area contributed by atoms with E-state index in [0.717, 1.165) is 12.1 Å². The molecule has 14 heavy (non-hydrogen) atoms. The summed E-state index contributed by atoms with van der Waals surface area (Å²) in [5, 5.41) is 3.99. The van der Waals surface area contributed by atoms with Crippen LogP contribution in [0.15, 0.2) is 18.3 Å². The van der Waals surface area contributed by atoms with Crippen LogP contribution in [0.4, 0.5) is 5.69 Å². The minimum atomic E-state index is 0.540. The third-order valence-electron chi connectivity index (χ3n) is 2.23. The molecule has 0 aliphatic heterocycles. The van der Waals surface area contributed by atoms with Crippen molar-refractivity contribution < 1.29 is 0 Å². The number of rotatable bonds is 5. The smallest absolute Gasteiger partial charge is 0.131 e. The first kappa shape index (κ1) is 11.3. The summed E-state index contributed by atoms with van der Waals surface area (Å²) in [5.74, 6) is 0. The van der Waals surface area contributed by atoms with E-state index in [9.17, 15) is 0 Å². The minimum Gasteiger partial charge on any atom is -0.382 e. The van der Waals surface area contributed by atoms with Crippen LogP contribution in [0.1, 0.15) is 33.1 Å². The molecule has 1 unspecified atom stereocenters. The SMILES string of the molecule is CCCC(CC)Nc1ccnc(Cl)c1. The second-order valence-corrected chi connectivity index (χ2v) is 3.79. The van der Waals surface area contributed by atoms with Crippen molar-refractivity contribution in [3.8, 4) is 0 Å². The van der Waals surface area contributed by atoms with Gasteiger partial charge in [-0.05, 0) is 25.0 Å². The lowest BCUT2D eigenvalue weighted by Crippen LogP contribution is -2.17. The average Bonchev–Trinajstić information content (AvgIpc) is 2.17. The highest BCUT2D eigenvalue weighted by atomic mass is 35.5. The number of hydrogen-bond donors (Lipinski definition) is 1. The minimum absolute atomic E-state index is 0.540. The highest BCUT2D eigenvalue weighted by Gasteiger charge is 2.04. The predicted octanol–water partition coefficient (Wildman–Crippen LogP) is 3.73. The van der Waals surface area contributed by atoms with Crippen LogP contribution in [0, 0.1) is 0 Å². The molecule has 0 saturated heterocycles. The van der Waals surface area contributed by atoms with Crippen LogP contribution in [0.5, 0.6) is 0 Å². The number of nitrogens with zero attached hydrogens (tertiary/aromatic N) is 1. The summed E-state index contributed by atoms with van der Waals surface area (Å²) < 4.78 is 0. The van der Waals surface area contributed by atoms with E-state index in [-0.39, 0.29) is 0 Å². The van der Waals surface area contributed by atoms with Gasteiger partial charge in [0.15, 0.2) is 0 Å². The van der Waals surface area contributed by atoms with Crippen LogP contribution in [0.2, 0.25) is 5.15 Å². The van der Waals surface area contributed by atoms with Crippen molar-refractivity contribution in [1.82, 2.24) is 4.98 Å². The largest absolute Gasteiger partial charge is 0.382 e. The maximum Gasteiger partial charge on any atom is 0.131 e. The van der Waals surface area contributed by atoms with Gasteiger partial charge in [-0.1, -0.05) is 31.9 Å². The fourth-order valence-corrected chi connectivity index (χ4v) is 1.63. The van der Waals surface area contributed by atoms with Gasteiger partial charge in [0.25, 0.3) is 0 Å². The van der Waals surface area contributed by atoms with E-state index in [1.54, 1.807) is 6.20 Å². The van der Waals surface area contributed by atoms with Crippen molar-refractivity contribution in [2.45, 2.75) is 39.2 Å². The van der Waals surface area contributed by atoms with E-state index in [4.69, 9.17) is 11.6 Å². The number of nitrogens with one attached hydrogen (secondary N) is 1. The lowest BCUT2D eigenvalue weighted by atomic mass is 10.1. The number of pyridine rings is 1. The maximum absolute atomic E-state index is 5.80. The maximum atomic E-state index is 5.80. The molecule has 2 nitrogen and oxygen atoms in total. The third kappa shape index (κ3) is 3.54. The first-order valence-electron chi connectivity index (χ1n) is 5.14. The zero-order chi connectivity index (χ0) is 10.4. The zero-order valence-corrected chi connectivity index (χ0v) is 9.51. The molecule has 1 N–H and O–H groups in total. The predicted molar refractivity (Wildman–Crippen MR) is 61.9 cm³/mol. The molecule has 1 atom stereocenters. The molecule has 0 aliphatic rings. The summed E-state index contributed by atoms with van der Waals surface area (Å²) in [6.07, 6.45) is 5.25. The molecule has 1 heterocycles. The Labute approximate surface area is 90.7 Å². The van der Waals surface area contributed by atoms with E-state index in [1.807, 2.05) is 12.1 Å². The highest BCUT2D eigenvalue weighted by molar-refractivity contribution is 6.29. The summed E-state index contributed by atoms with van der Waals surface area (Å²) in [5.41, 5.74) is 1.06. The standard InChI is InChI=1S/C11H17ClN2/c1-3-5-9(4-2)14-10-6-7-13-11(12)8-10/h6-9H,3-5H2,1-2H3,(H,13,14). The van der Waals surface area contributed by atoms with Crippen molar-refractivity contribution in [2.24, 2.45) is 0 Å². The molecule has 0 amide bonds. The monoisotopic (exact) mass is 212 g/mol. The first-order valence-corrected chi connectivity index (χ1v) is 5.52. The van der Waals surface area contributed by atoms with Gasteiger partial charge in [0.05, 0.1) is 0 Å². The molecule has 1 aromatic rings. The number of anilines is 1. The normalized spacial score (nSPS) is 12.5. The van der Waals surface area contributed by atoms with Crippen LogP contribution >= 0.6 is 11.6 Å². The summed E-state index contributed by atoms with van der Waals surface area (Å²) in [6, 6.07) is 4.35. The van der Waals surface area contributed by atoms with E-state index < -0.39 is 0 Å². The van der Waals surface area contributed by atoms with Crippen molar-refractivity contribution in [3.63, 3.8) is 0 Å². The Morgan fingerprint density at radius 2 is 2.29 bits per heavy atom. The molecule has 0 aromatic carbocycles. The molecule has 0 aliphatic carbocycles. The molecular weight excluding hydrogens is 196 g/mol. The molecule has 0 saturated carbocycles. The Balaban J connectivity index is 2.57. The molecule has 1 rings (SSSR count). The van der Waals surface area contributed by atoms with E-state index >= 15 is 0 Å². The lowest BCUT2D eigenvalue weighted by Gasteiger charge is -2.17. The molecule has 0 fully saturated rings. The van der Waals surface area contributed by atoms with Gasteiger partial charge < -0.3 is 5.32 Å². The van der Waals surface area contributed by atoms with Gasteiger partial charge in [-0.15, -0.1) is 0 Å². The Kier molecular flexibility index (Phi) is 4.74. The number of hydrogen-bond acceptors (Lipinski definition) is 2. The topological polar surface area (TPSA) is 24.9 Å². The fraction of sp³-hybridized carbons (Fsp3) is 0.545. The van der Waals surface area contributed by atoms with Crippen LogP contribution in [-0.4, -0.2) is 11.0 Å². The zero-order valence-electron chi connectivity index (χ0n) is 8.76. The molecule has 0 bridgehead atoms. The second kappa shape index (κ2) is 5.86. The van der Waals surface area contributed by atoms with Crippen LogP contribution in [0.3, 0.4) is 0 Å². The third-order valence-corrected chi connectivity index (χ3v) is 2.43. The van der Waals surface area contributed by atoms with Crippen molar-refractivity contribution in [3.05, 3.63) is 23.5 Å². The number of halogens is 1. The van der Waals surface area contributed by atoms with E-state index in [2.05, 4.69) is 24.1 Å². The van der Waals surface area contributed by atoms with Gasteiger partial charge in [-0.2, -0.15) is 0 Å². The van der Waals surface area contributed by atoms with Gasteiger partial charge in [0.1, 0.15) is 5.15 Å². The van der Waals surface area contributed by atoms with Gasteiger partial charge in [-0.25, -0.2) is 4.98 Å². The summed E-state index contributed by atoms with van der Waals surface area (Å²) in [4.78, 5) is 3.94. The second-order valence-electron chi connectivity index (χ2n) is 3.41. The molecular formula is C11H17ClN2. The Hall–Kier alpha value is -0.760. The molecule has 0 radical (unpaired) electrons. The van der Waals surface area contributed by atoms with Crippen LogP contribution in [-0.2, 0) is 0 Å². The van der Waals surface area contributed by atoms with Crippen molar-refractivity contribution in [2.75, 3.05) is 5.32 Å². The van der Waals surface area contributed by atoms with Crippen molar-refractivity contribution in [1.29, 1.82) is 0 Å². The molecule has 0 spiro atoms. The Morgan fingerprint density at radius 1 is 1.50 bits per heavy atom.